The Balaban J connectivity index is 1.91. The molecular formula is C24H25N3O3. The van der Waals surface area contributed by atoms with Gasteiger partial charge in [-0.05, 0) is 54.2 Å². The number of furan rings is 1. The fraction of sp³-hybridized carbons (Fsp3) is 0.292. The zero-order valence-corrected chi connectivity index (χ0v) is 17.4. The molecule has 4 rings (SSSR count). The number of allylic oxidation sites excluding steroid dienone is 1. The monoisotopic (exact) mass is 403 g/mol. The van der Waals surface area contributed by atoms with Crippen LogP contribution < -0.4 is 5.32 Å². The average molecular weight is 403 g/mol. The summed E-state index contributed by atoms with van der Waals surface area (Å²) in [6.45, 7) is 2.18. The lowest BCUT2D eigenvalue weighted by molar-refractivity contribution is -0.121. The fourth-order valence-corrected chi connectivity index (χ4v) is 4.08. The number of aromatic nitrogens is 1. The van der Waals surface area contributed by atoms with Gasteiger partial charge in [-0.25, -0.2) is 4.98 Å². The molecule has 0 fully saturated rings. The van der Waals surface area contributed by atoms with Crippen molar-refractivity contribution in [3.8, 4) is 0 Å². The first-order chi connectivity index (χ1) is 14.5. The van der Waals surface area contributed by atoms with Crippen molar-refractivity contribution in [2.24, 2.45) is 5.92 Å². The predicted molar refractivity (Wildman–Crippen MR) is 117 cm³/mol. The molecule has 1 aromatic carbocycles. The van der Waals surface area contributed by atoms with E-state index in [1.165, 1.54) is 4.90 Å². The van der Waals surface area contributed by atoms with E-state index in [2.05, 4.69) is 12.2 Å². The minimum absolute atomic E-state index is 0.00536. The number of nitrogens with zero attached hydrogens (tertiary/aromatic N) is 2. The highest BCUT2D eigenvalue weighted by molar-refractivity contribution is 6.09. The van der Waals surface area contributed by atoms with E-state index in [0.29, 0.717) is 11.5 Å². The molecule has 0 aliphatic heterocycles. The lowest BCUT2D eigenvalue weighted by Gasteiger charge is -2.28. The van der Waals surface area contributed by atoms with E-state index in [0.717, 1.165) is 46.3 Å². The Bertz CT molecular complexity index is 1130. The van der Waals surface area contributed by atoms with Gasteiger partial charge in [0.2, 0.25) is 5.91 Å². The van der Waals surface area contributed by atoms with Gasteiger partial charge in [0.15, 0.2) is 0 Å². The lowest BCUT2D eigenvalue weighted by atomic mass is 9.80. The van der Waals surface area contributed by atoms with E-state index in [1.54, 1.807) is 20.4 Å². The molecule has 6 nitrogen and oxygen atoms in total. The van der Waals surface area contributed by atoms with Gasteiger partial charge < -0.3 is 14.6 Å². The van der Waals surface area contributed by atoms with E-state index in [9.17, 15) is 9.59 Å². The molecule has 1 atom stereocenters. The van der Waals surface area contributed by atoms with Crippen LogP contribution in [0.4, 0.5) is 0 Å². The number of para-hydroxylation sites is 1. The van der Waals surface area contributed by atoms with Gasteiger partial charge in [0.25, 0.3) is 5.91 Å². The number of hydrogen-bond donors (Lipinski definition) is 1. The Hall–Kier alpha value is -3.41. The Morgan fingerprint density at radius 2 is 2.03 bits per heavy atom. The number of likely N-dealkylation sites (N-methyl/N-ethyl adjacent to an activating group) is 2. The first-order valence-electron chi connectivity index (χ1n) is 10.1. The molecular weight excluding hydrogens is 378 g/mol. The van der Waals surface area contributed by atoms with Gasteiger partial charge in [0.05, 0.1) is 29.6 Å². The second-order valence-electron chi connectivity index (χ2n) is 7.86. The SMILES string of the molecule is CNC(=O)CN(C)C(=O)c1c2c(nc3ccccc13)/C(=C/c1ccco1)C[C@H](C)C2. The molecule has 0 spiro atoms. The van der Waals surface area contributed by atoms with Crippen LogP contribution in [0.1, 0.15) is 40.7 Å². The smallest absolute Gasteiger partial charge is 0.255 e. The zero-order valence-electron chi connectivity index (χ0n) is 17.4. The van der Waals surface area contributed by atoms with Crippen molar-refractivity contribution in [3.63, 3.8) is 0 Å². The van der Waals surface area contributed by atoms with E-state index >= 15 is 0 Å². The second-order valence-corrected chi connectivity index (χ2v) is 7.86. The number of amides is 2. The first kappa shape index (κ1) is 19.9. The average Bonchev–Trinajstić information content (AvgIpc) is 3.24. The summed E-state index contributed by atoms with van der Waals surface area (Å²) in [5.41, 5.74) is 4.26. The van der Waals surface area contributed by atoms with Crippen molar-refractivity contribution in [2.75, 3.05) is 20.6 Å². The number of pyridine rings is 1. The van der Waals surface area contributed by atoms with Crippen LogP contribution >= 0.6 is 0 Å². The summed E-state index contributed by atoms with van der Waals surface area (Å²) >= 11 is 0. The Kier molecular flexibility index (Phi) is 5.40. The molecule has 2 heterocycles. The summed E-state index contributed by atoms with van der Waals surface area (Å²) < 4.78 is 5.52. The van der Waals surface area contributed by atoms with Crippen LogP contribution in [-0.4, -0.2) is 42.3 Å². The van der Waals surface area contributed by atoms with Crippen LogP contribution in [0.15, 0.2) is 47.1 Å². The summed E-state index contributed by atoms with van der Waals surface area (Å²) in [5.74, 6) is 0.756. The first-order valence-corrected chi connectivity index (χ1v) is 10.1. The van der Waals surface area contributed by atoms with Crippen LogP contribution in [-0.2, 0) is 11.2 Å². The lowest BCUT2D eigenvalue weighted by Crippen LogP contribution is -2.37. The van der Waals surface area contributed by atoms with Crippen LogP contribution in [0, 0.1) is 5.92 Å². The van der Waals surface area contributed by atoms with Crippen molar-refractivity contribution in [3.05, 3.63) is 65.2 Å². The molecule has 3 aromatic rings. The third-order valence-corrected chi connectivity index (χ3v) is 5.50. The zero-order chi connectivity index (χ0) is 21.3. The summed E-state index contributed by atoms with van der Waals surface area (Å²) in [4.78, 5) is 31.7. The summed E-state index contributed by atoms with van der Waals surface area (Å²) in [6.07, 6.45) is 5.28. The molecule has 0 radical (unpaired) electrons. The number of rotatable bonds is 4. The maximum absolute atomic E-state index is 13.5. The Labute approximate surface area is 175 Å². The van der Waals surface area contributed by atoms with Crippen LogP contribution in [0.5, 0.6) is 0 Å². The van der Waals surface area contributed by atoms with E-state index < -0.39 is 0 Å². The van der Waals surface area contributed by atoms with Crippen LogP contribution in [0.3, 0.4) is 0 Å². The topological polar surface area (TPSA) is 75.4 Å². The molecule has 6 heteroatoms. The van der Waals surface area contributed by atoms with Crippen LogP contribution in [0.25, 0.3) is 22.6 Å². The van der Waals surface area contributed by atoms with Gasteiger partial charge in [0.1, 0.15) is 5.76 Å². The van der Waals surface area contributed by atoms with Gasteiger partial charge in [-0.2, -0.15) is 0 Å². The summed E-state index contributed by atoms with van der Waals surface area (Å²) in [7, 11) is 3.22. The molecule has 30 heavy (non-hydrogen) atoms. The highest BCUT2D eigenvalue weighted by Gasteiger charge is 2.29. The molecule has 0 saturated carbocycles. The quantitative estimate of drug-likeness (QED) is 0.720. The number of carbonyl (C=O) groups excluding carboxylic acids is 2. The summed E-state index contributed by atoms with van der Waals surface area (Å²) in [6, 6.07) is 11.5. The number of hydrogen-bond acceptors (Lipinski definition) is 4. The van der Waals surface area contributed by atoms with Crippen molar-refractivity contribution >= 4 is 34.4 Å². The second kappa shape index (κ2) is 8.14. The van der Waals surface area contributed by atoms with Gasteiger partial charge in [0, 0.05) is 19.5 Å². The van der Waals surface area contributed by atoms with Crippen molar-refractivity contribution in [1.82, 2.24) is 15.2 Å². The van der Waals surface area contributed by atoms with Gasteiger partial charge in [-0.15, -0.1) is 0 Å². The molecule has 0 bridgehead atoms. The largest absolute Gasteiger partial charge is 0.465 e. The molecule has 2 aromatic heterocycles. The normalized spacial score (nSPS) is 17.0. The molecule has 1 aliphatic rings. The molecule has 2 amide bonds. The molecule has 154 valence electrons. The van der Waals surface area contributed by atoms with Gasteiger partial charge in [-0.3, -0.25) is 9.59 Å². The Morgan fingerprint density at radius 1 is 1.23 bits per heavy atom. The maximum Gasteiger partial charge on any atom is 0.255 e. The predicted octanol–water partition coefficient (Wildman–Crippen LogP) is 3.77. The van der Waals surface area contributed by atoms with E-state index in [-0.39, 0.29) is 18.4 Å². The van der Waals surface area contributed by atoms with E-state index in [4.69, 9.17) is 9.40 Å². The molecule has 0 saturated heterocycles. The molecule has 1 N–H and O–H groups in total. The fourth-order valence-electron chi connectivity index (χ4n) is 4.08. The van der Waals surface area contributed by atoms with Crippen molar-refractivity contribution in [2.45, 2.75) is 19.8 Å². The van der Waals surface area contributed by atoms with Gasteiger partial charge in [-0.1, -0.05) is 25.1 Å². The van der Waals surface area contributed by atoms with Crippen molar-refractivity contribution in [1.29, 1.82) is 0 Å². The number of fused-ring (bicyclic) bond motifs is 2. The maximum atomic E-state index is 13.5. The molecule has 0 unspecified atom stereocenters. The molecule has 1 aliphatic carbocycles. The standard InChI is InChI=1S/C24H25N3O3/c1-15-11-16(13-17-7-6-10-30-17)23-19(12-15)22(18-8-4-5-9-20(18)26-23)24(29)27(3)14-21(28)25-2/h4-10,13,15H,11-12,14H2,1-3H3,(H,25,28)/b16-13+/t15-/m0/s1. The number of carbonyl (C=O) groups is 2. The minimum atomic E-state index is -0.204. The third-order valence-electron chi connectivity index (χ3n) is 5.50. The van der Waals surface area contributed by atoms with E-state index in [1.807, 2.05) is 42.5 Å². The third kappa shape index (κ3) is 3.73. The number of nitrogens with one attached hydrogen (secondary N) is 1. The van der Waals surface area contributed by atoms with Crippen LogP contribution in [0.2, 0.25) is 0 Å². The Morgan fingerprint density at radius 3 is 2.77 bits per heavy atom. The summed E-state index contributed by atoms with van der Waals surface area (Å²) in [5, 5.41) is 3.39. The van der Waals surface area contributed by atoms with Crippen molar-refractivity contribution < 1.29 is 14.0 Å². The highest BCUT2D eigenvalue weighted by atomic mass is 16.3. The highest BCUT2D eigenvalue weighted by Crippen LogP contribution is 2.38. The van der Waals surface area contributed by atoms with Gasteiger partial charge >= 0.3 is 0 Å². The number of benzene rings is 1. The minimum Gasteiger partial charge on any atom is -0.465 e.